The van der Waals surface area contributed by atoms with Gasteiger partial charge in [-0.25, -0.2) is 0 Å². The van der Waals surface area contributed by atoms with E-state index in [1.807, 2.05) is 50.3 Å². The Morgan fingerprint density at radius 1 is 0.957 bits per heavy atom. The number of rotatable bonds is 13. The van der Waals surface area contributed by atoms with Crippen LogP contribution in [0.2, 0.25) is 0 Å². The standard InChI is InChI=1S/C41H48O6/c1-6-13-30(33(7-2)39(46)18-25(3)42)19-28-20-35-34(31-15-12-14-29(22-31)27(5)43)23-32(26(4)41(35)40(47)21-28)24-36-37(44)16-10-8-9-11-17-38(36)45/h8,10-12,14-15,17,22-23,28,30,33,36H,6-7,9,13,16,18-21,24H2,1-5H3/b10-8-,17-11+. The summed E-state index contributed by atoms with van der Waals surface area (Å²) in [5, 5.41) is 0. The number of carbonyl (C=O) groups is 6. The van der Waals surface area contributed by atoms with E-state index in [1.54, 1.807) is 12.1 Å². The second kappa shape index (κ2) is 16.2. The number of fused-ring (bicyclic) bond motifs is 1. The molecular weight excluding hydrogens is 588 g/mol. The predicted molar refractivity (Wildman–Crippen MR) is 185 cm³/mol. The number of carbonyl (C=O) groups excluding carboxylic acids is 6. The van der Waals surface area contributed by atoms with Gasteiger partial charge in [0.1, 0.15) is 17.3 Å². The molecule has 0 saturated heterocycles. The minimum atomic E-state index is -0.845. The predicted octanol–water partition coefficient (Wildman–Crippen LogP) is 8.19. The molecule has 0 spiro atoms. The molecule has 0 radical (unpaired) electrons. The molecule has 0 aliphatic heterocycles. The highest BCUT2D eigenvalue weighted by molar-refractivity contribution is 6.08. The van der Waals surface area contributed by atoms with Gasteiger partial charge in [-0.1, -0.05) is 69.2 Å². The van der Waals surface area contributed by atoms with Crippen molar-refractivity contribution in [3.05, 3.63) is 82.5 Å². The molecule has 4 unspecified atom stereocenters. The van der Waals surface area contributed by atoms with Crippen LogP contribution in [-0.2, 0) is 32.0 Å². The number of ketones is 6. The molecule has 0 heterocycles. The number of Topliss-reactive ketones (excluding diaryl/α,β-unsaturated/α-hetero) is 5. The highest BCUT2D eigenvalue weighted by Crippen LogP contribution is 2.42. The summed E-state index contributed by atoms with van der Waals surface area (Å²) in [4.78, 5) is 77.8. The highest BCUT2D eigenvalue weighted by atomic mass is 16.2. The molecule has 2 aromatic carbocycles. The summed E-state index contributed by atoms with van der Waals surface area (Å²) >= 11 is 0. The van der Waals surface area contributed by atoms with Gasteiger partial charge in [-0.15, -0.1) is 0 Å². The van der Waals surface area contributed by atoms with Gasteiger partial charge in [0, 0.05) is 29.9 Å². The van der Waals surface area contributed by atoms with Gasteiger partial charge >= 0.3 is 0 Å². The van der Waals surface area contributed by atoms with E-state index < -0.39 is 5.92 Å². The van der Waals surface area contributed by atoms with Gasteiger partial charge in [0.25, 0.3) is 0 Å². The van der Waals surface area contributed by atoms with E-state index in [0.29, 0.717) is 43.2 Å². The van der Waals surface area contributed by atoms with Crippen LogP contribution in [-0.4, -0.2) is 34.7 Å². The lowest BCUT2D eigenvalue weighted by Gasteiger charge is -2.33. The first-order valence-electron chi connectivity index (χ1n) is 17.1. The van der Waals surface area contributed by atoms with Crippen molar-refractivity contribution in [2.24, 2.45) is 23.7 Å². The van der Waals surface area contributed by atoms with Crippen LogP contribution in [0.1, 0.15) is 116 Å². The fourth-order valence-corrected chi connectivity index (χ4v) is 7.64. The fraction of sp³-hybridized carbons (Fsp3) is 0.463. The Bertz CT molecular complexity index is 1620. The van der Waals surface area contributed by atoms with Gasteiger partial charge in [0.2, 0.25) is 0 Å². The van der Waals surface area contributed by atoms with Crippen molar-refractivity contribution >= 4 is 34.7 Å². The number of allylic oxidation sites excluding steroid dienone is 4. The molecular formula is C41H48O6. The summed E-state index contributed by atoms with van der Waals surface area (Å²) in [6.07, 6.45) is 12.0. The zero-order chi connectivity index (χ0) is 34.2. The maximum absolute atomic E-state index is 14.1. The minimum absolute atomic E-state index is 0.0115. The third-order valence-corrected chi connectivity index (χ3v) is 9.97. The summed E-state index contributed by atoms with van der Waals surface area (Å²) in [6.45, 7) is 8.98. The lowest BCUT2D eigenvalue weighted by Crippen LogP contribution is -2.30. The second-order valence-electron chi connectivity index (χ2n) is 13.5. The molecule has 2 aliphatic rings. The zero-order valence-electron chi connectivity index (χ0n) is 28.5. The lowest BCUT2D eigenvalue weighted by molar-refractivity contribution is -0.131. The Balaban J connectivity index is 1.80. The summed E-state index contributed by atoms with van der Waals surface area (Å²) in [6, 6.07) is 9.42. The molecule has 0 saturated carbocycles. The molecule has 6 nitrogen and oxygen atoms in total. The highest BCUT2D eigenvalue weighted by Gasteiger charge is 2.35. The molecule has 0 amide bonds. The minimum Gasteiger partial charge on any atom is -0.300 e. The number of hydrogen-bond donors (Lipinski definition) is 0. The van der Waals surface area contributed by atoms with Crippen molar-refractivity contribution in [1.82, 2.24) is 0 Å². The third kappa shape index (κ3) is 8.65. The first kappa shape index (κ1) is 35.8. The van der Waals surface area contributed by atoms with E-state index in [1.165, 1.54) is 19.9 Å². The van der Waals surface area contributed by atoms with Crippen LogP contribution in [0.4, 0.5) is 0 Å². The van der Waals surface area contributed by atoms with Crippen molar-refractivity contribution in [2.75, 3.05) is 0 Å². The molecule has 0 aromatic heterocycles. The van der Waals surface area contributed by atoms with Crippen LogP contribution in [0.5, 0.6) is 0 Å². The van der Waals surface area contributed by atoms with Crippen LogP contribution in [0.3, 0.4) is 0 Å². The molecule has 2 aromatic rings. The van der Waals surface area contributed by atoms with Gasteiger partial charge in [0.05, 0.1) is 12.3 Å². The Morgan fingerprint density at radius 3 is 2.40 bits per heavy atom. The smallest absolute Gasteiger partial charge is 0.166 e. The zero-order valence-corrected chi connectivity index (χ0v) is 28.5. The lowest BCUT2D eigenvalue weighted by atomic mass is 9.70. The van der Waals surface area contributed by atoms with Crippen molar-refractivity contribution in [3.63, 3.8) is 0 Å². The quantitative estimate of drug-likeness (QED) is 0.125. The van der Waals surface area contributed by atoms with E-state index in [4.69, 9.17) is 0 Å². The molecule has 248 valence electrons. The van der Waals surface area contributed by atoms with Gasteiger partial charge in [-0.3, -0.25) is 28.8 Å². The molecule has 0 N–H and O–H groups in total. The summed E-state index contributed by atoms with van der Waals surface area (Å²) in [5.41, 5.74) is 5.36. The SMILES string of the molecule is CCCC(CC1CC(=O)c2c(C)c(CC3C(=O)/C=C/C/C=C\CC3=O)cc(-c3cccc(C(C)=O)c3)c2C1)C(CC)C(=O)CC(C)=O. The largest absolute Gasteiger partial charge is 0.300 e. The fourth-order valence-electron chi connectivity index (χ4n) is 7.64. The van der Waals surface area contributed by atoms with Crippen LogP contribution in [0.15, 0.2) is 54.6 Å². The van der Waals surface area contributed by atoms with Gasteiger partial charge < -0.3 is 0 Å². The third-order valence-electron chi connectivity index (χ3n) is 9.97. The first-order valence-corrected chi connectivity index (χ1v) is 17.1. The molecule has 0 bridgehead atoms. The molecule has 47 heavy (non-hydrogen) atoms. The molecule has 4 atom stereocenters. The normalized spacial score (nSPS) is 20.7. The Morgan fingerprint density at radius 2 is 1.72 bits per heavy atom. The van der Waals surface area contributed by atoms with Gasteiger partial charge in [-0.05, 0) is 105 Å². The maximum atomic E-state index is 14.1. The monoisotopic (exact) mass is 636 g/mol. The average Bonchev–Trinajstić information content (AvgIpc) is 3.09. The summed E-state index contributed by atoms with van der Waals surface area (Å²) < 4.78 is 0. The summed E-state index contributed by atoms with van der Waals surface area (Å²) in [5.74, 6) is -1.53. The van der Waals surface area contributed by atoms with Crippen LogP contribution in [0, 0.1) is 30.6 Å². The van der Waals surface area contributed by atoms with Crippen LogP contribution < -0.4 is 0 Å². The Hall–Kier alpha value is -4.06. The van der Waals surface area contributed by atoms with Gasteiger partial charge in [0.15, 0.2) is 17.3 Å². The Kier molecular flexibility index (Phi) is 12.3. The topological polar surface area (TPSA) is 102 Å². The van der Waals surface area contributed by atoms with Crippen LogP contribution >= 0.6 is 0 Å². The average molecular weight is 637 g/mol. The Labute approximate surface area is 279 Å². The number of benzene rings is 2. The number of hydrogen-bond acceptors (Lipinski definition) is 6. The molecule has 6 heteroatoms. The molecule has 0 fully saturated rings. The van der Waals surface area contributed by atoms with Crippen molar-refractivity contribution in [1.29, 1.82) is 0 Å². The van der Waals surface area contributed by atoms with Gasteiger partial charge in [-0.2, -0.15) is 0 Å². The first-order chi connectivity index (χ1) is 22.4. The second-order valence-corrected chi connectivity index (χ2v) is 13.5. The molecule has 2 aliphatic carbocycles. The van der Waals surface area contributed by atoms with Crippen molar-refractivity contribution in [3.8, 4) is 11.1 Å². The maximum Gasteiger partial charge on any atom is 0.166 e. The molecule has 4 rings (SSSR count). The van der Waals surface area contributed by atoms with Crippen LogP contribution in [0.25, 0.3) is 11.1 Å². The summed E-state index contributed by atoms with van der Waals surface area (Å²) in [7, 11) is 0. The van der Waals surface area contributed by atoms with E-state index in [-0.39, 0.29) is 71.7 Å². The van der Waals surface area contributed by atoms with E-state index in [9.17, 15) is 28.8 Å². The van der Waals surface area contributed by atoms with Crippen molar-refractivity contribution < 1.29 is 28.8 Å². The van der Waals surface area contributed by atoms with Crippen molar-refractivity contribution in [2.45, 2.75) is 98.8 Å². The van der Waals surface area contributed by atoms with E-state index >= 15 is 0 Å². The van der Waals surface area contributed by atoms with E-state index in [0.717, 1.165) is 40.7 Å². The van der Waals surface area contributed by atoms with E-state index in [2.05, 4.69) is 6.92 Å².